The van der Waals surface area contributed by atoms with Gasteiger partial charge in [0.25, 0.3) is 5.91 Å². The summed E-state index contributed by atoms with van der Waals surface area (Å²) in [5, 5.41) is 4.44. The van der Waals surface area contributed by atoms with E-state index in [0.29, 0.717) is 11.5 Å². The summed E-state index contributed by atoms with van der Waals surface area (Å²) >= 11 is 1.48. The van der Waals surface area contributed by atoms with Crippen molar-refractivity contribution in [3.05, 3.63) is 46.2 Å². The van der Waals surface area contributed by atoms with Crippen molar-refractivity contribution in [1.82, 2.24) is 0 Å². The Morgan fingerprint density at radius 1 is 1.27 bits per heavy atom. The first-order valence-electron chi connectivity index (χ1n) is 7.65. The molecule has 2 aromatic rings. The number of esters is 1. The SMILES string of the molecule is CC(=O)c1cc2c(cc1NC(=O)COC(=O)/C=C/c1cccs1)OCO2. The van der Waals surface area contributed by atoms with Crippen molar-refractivity contribution in [2.45, 2.75) is 6.92 Å². The van der Waals surface area contributed by atoms with Crippen LogP contribution in [0.2, 0.25) is 0 Å². The minimum atomic E-state index is -0.633. The van der Waals surface area contributed by atoms with Crippen LogP contribution in [0.25, 0.3) is 6.08 Å². The number of hydrogen-bond donors (Lipinski definition) is 1. The Labute approximate surface area is 153 Å². The zero-order chi connectivity index (χ0) is 18.5. The Morgan fingerprint density at radius 3 is 2.73 bits per heavy atom. The van der Waals surface area contributed by atoms with Crippen molar-refractivity contribution in [2.24, 2.45) is 0 Å². The molecule has 1 amide bonds. The minimum absolute atomic E-state index is 0.0538. The number of carbonyl (C=O) groups excluding carboxylic acids is 3. The number of rotatable bonds is 6. The first kappa shape index (κ1) is 17.7. The van der Waals surface area contributed by atoms with Gasteiger partial charge in [0.2, 0.25) is 6.79 Å². The molecule has 1 N–H and O–H groups in total. The van der Waals surface area contributed by atoms with Gasteiger partial charge in [-0.15, -0.1) is 11.3 Å². The molecule has 3 rings (SSSR count). The molecule has 2 heterocycles. The number of anilines is 1. The number of amides is 1. The van der Waals surface area contributed by atoms with Crippen LogP contribution >= 0.6 is 11.3 Å². The number of Topliss-reactive ketones (excluding diaryl/α,β-unsaturated/α-hetero) is 1. The van der Waals surface area contributed by atoms with Crippen molar-refractivity contribution in [1.29, 1.82) is 0 Å². The molecule has 0 spiro atoms. The Balaban J connectivity index is 1.59. The van der Waals surface area contributed by atoms with E-state index >= 15 is 0 Å². The molecule has 0 saturated carbocycles. The molecule has 0 unspecified atom stereocenters. The highest BCUT2D eigenvalue weighted by Crippen LogP contribution is 2.37. The summed E-state index contributed by atoms with van der Waals surface area (Å²) in [7, 11) is 0. The van der Waals surface area contributed by atoms with E-state index in [4.69, 9.17) is 14.2 Å². The molecular weight excluding hydrogens is 358 g/mol. The van der Waals surface area contributed by atoms with Crippen LogP contribution in [-0.4, -0.2) is 31.1 Å². The molecule has 0 fully saturated rings. The van der Waals surface area contributed by atoms with Gasteiger partial charge in [0.15, 0.2) is 23.9 Å². The molecule has 1 aromatic heterocycles. The molecule has 0 atom stereocenters. The molecule has 0 radical (unpaired) electrons. The summed E-state index contributed by atoms with van der Waals surface area (Å²) < 4.78 is 15.4. The lowest BCUT2D eigenvalue weighted by atomic mass is 10.1. The third kappa shape index (κ3) is 4.28. The van der Waals surface area contributed by atoms with Gasteiger partial charge in [0.05, 0.1) is 5.69 Å². The topological polar surface area (TPSA) is 90.9 Å². The molecule has 7 nitrogen and oxygen atoms in total. The normalized spacial score (nSPS) is 12.2. The van der Waals surface area contributed by atoms with Crippen LogP contribution in [-0.2, 0) is 14.3 Å². The number of ether oxygens (including phenoxy) is 3. The van der Waals surface area contributed by atoms with Gasteiger partial charge in [0.1, 0.15) is 0 Å². The van der Waals surface area contributed by atoms with E-state index in [9.17, 15) is 14.4 Å². The average Bonchev–Trinajstić information content (AvgIpc) is 3.28. The van der Waals surface area contributed by atoms with Crippen LogP contribution in [0.1, 0.15) is 22.2 Å². The number of benzene rings is 1. The van der Waals surface area contributed by atoms with Crippen LogP contribution in [0.4, 0.5) is 5.69 Å². The second-order valence-corrected chi connectivity index (χ2v) is 6.29. The van der Waals surface area contributed by atoms with Crippen LogP contribution in [0.15, 0.2) is 35.7 Å². The summed E-state index contributed by atoms with van der Waals surface area (Å²) in [4.78, 5) is 36.4. The van der Waals surface area contributed by atoms with Crippen molar-refractivity contribution in [3.63, 3.8) is 0 Å². The van der Waals surface area contributed by atoms with Crippen LogP contribution in [0.5, 0.6) is 11.5 Å². The number of hydrogen-bond acceptors (Lipinski definition) is 7. The number of carbonyl (C=O) groups is 3. The summed E-state index contributed by atoms with van der Waals surface area (Å²) in [6.45, 7) is 0.959. The third-order valence-electron chi connectivity index (χ3n) is 3.44. The molecule has 1 aliphatic rings. The van der Waals surface area contributed by atoms with E-state index in [2.05, 4.69) is 5.32 Å². The second-order valence-electron chi connectivity index (χ2n) is 5.31. The van der Waals surface area contributed by atoms with Gasteiger partial charge in [-0.05, 0) is 30.5 Å². The molecule has 0 aliphatic carbocycles. The van der Waals surface area contributed by atoms with Crippen molar-refractivity contribution in [3.8, 4) is 11.5 Å². The lowest BCUT2D eigenvalue weighted by Crippen LogP contribution is -2.21. The van der Waals surface area contributed by atoms with Gasteiger partial charge in [-0.3, -0.25) is 9.59 Å². The molecule has 1 aromatic carbocycles. The first-order chi connectivity index (χ1) is 12.5. The maximum Gasteiger partial charge on any atom is 0.331 e. The molecule has 1 aliphatic heterocycles. The molecule has 0 bridgehead atoms. The Hall–Kier alpha value is -3.13. The first-order valence-corrected chi connectivity index (χ1v) is 8.53. The fraction of sp³-hybridized carbons (Fsp3) is 0.167. The quantitative estimate of drug-likeness (QED) is 0.476. The standard InChI is InChI=1S/C18H15NO6S/c1-11(20)13-7-15-16(25-10-24-15)8-14(13)19-17(21)9-23-18(22)5-4-12-3-2-6-26-12/h2-8H,9-10H2,1H3,(H,19,21)/b5-4+. The molecule has 8 heteroatoms. The molecule has 134 valence electrons. The van der Waals surface area contributed by atoms with E-state index in [1.807, 2.05) is 17.5 Å². The number of ketones is 1. The van der Waals surface area contributed by atoms with Crippen molar-refractivity contribution in [2.75, 3.05) is 18.7 Å². The Bertz CT molecular complexity index is 872. The van der Waals surface area contributed by atoms with E-state index in [1.165, 1.54) is 36.5 Å². The lowest BCUT2D eigenvalue weighted by molar-refractivity contribution is -0.142. The number of nitrogens with one attached hydrogen (secondary N) is 1. The van der Waals surface area contributed by atoms with Gasteiger partial charge in [-0.25, -0.2) is 4.79 Å². The van der Waals surface area contributed by atoms with Gasteiger partial charge in [-0.1, -0.05) is 6.07 Å². The number of fused-ring (bicyclic) bond motifs is 1. The predicted molar refractivity (Wildman–Crippen MR) is 95.5 cm³/mol. The Morgan fingerprint density at radius 2 is 2.04 bits per heavy atom. The van der Waals surface area contributed by atoms with Crippen molar-refractivity contribution >= 4 is 40.8 Å². The summed E-state index contributed by atoms with van der Waals surface area (Å²) in [6.07, 6.45) is 2.86. The van der Waals surface area contributed by atoms with Crippen LogP contribution in [0.3, 0.4) is 0 Å². The monoisotopic (exact) mass is 373 g/mol. The summed E-state index contributed by atoms with van der Waals surface area (Å²) in [5.74, 6) is -0.566. The summed E-state index contributed by atoms with van der Waals surface area (Å²) in [6, 6.07) is 6.73. The lowest BCUT2D eigenvalue weighted by Gasteiger charge is -2.10. The van der Waals surface area contributed by atoms with E-state index < -0.39 is 18.5 Å². The maximum absolute atomic E-state index is 12.0. The van der Waals surface area contributed by atoms with Gasteiger partial charge in [-0.2, -0.15) is 0 Å². The van der Waals surface area contributed by atoms with Crippen LogP contribution in [0, 0.1) is 0 Å². The smallest absolute Gasteiger partial charge is 0.331 e. The largest absolute Gasteiger partial charge is 0.454 e. The minimum Gasteiger partial charge on any atom is -0.454 e. The number of thiophene rings is 1. The van der Waals surface area contributed by atoms with E-state index in [-0.39, 0.29) is 23.8 Å². The molecular formula is C18H15NO6S. The molecule has 26 heavy (non-hydrogen) atoms. The van der Waals surface area contributed by atoms with Gasteiger partial charge in [0, 0.05) is 22.6 Å². The highest BCUT2D eigenvalue weighted by molar-refractivity contribution is 7.10. The highest BCUT2D eigenvalue weighted by atomic mass is 32.1. The maximum atomic E-state index is 12.0. The third-order valence-corrected chi connectivity index (χ3v) is 4.28. The van der Waals surface area contributed by atoms with Crippen LogP contribution < -0.4 is 14.8 Å². The Kier molecular flexibility index (Phi) is 5.33. The predicted octanol–water partition coefficient (Wildman–Crippen LogP) is 2.87. The second kappa shape index (κ2) is 7.83. The van der Waals surface area contributed by atoms with E-state index in [1.54, 1.807) is 6.08 Å². The average molecular weight is 373 g/mol. The zero-order valence-corrected chi connectivity index (χ0v) is 14.6. The fourth-order valence-electron chi connectivity index (χ4n) is 2.24. The fourth-order valence-corrected chi connectivity index (χ4v) is 2.86. The zero-order valence-electron chi connectivity index (χ0n) is 13.8. The van der Waals surface area contributed by atoms with Crippen molar-refractivity contribution < 1.29 is 28.6 Å². The highest BCUT2D eigenvalue weighted by Gasteiger charge is 2.20. The van der Waals surface area contributed by atoms with Gasteiger partial charge < -0.3 is 19.5 Å². The van der Waals surface area contributed by atoms with Gasteiger partial charge >= 0.3 is 5.97 Å². The van der Waals surface area contributed by atoms with E-state index in [0.717, 1.165) is 4.88 Å². The summed E-state index contributed by atoms with van der Waals surface area (Å²) in [5.41, 5.74) is 0.559. The molecule has 0 saturated heterocycles.